The van der Waals surface area contributed by atoms with Crippen LogP contribution in [0.15, 0.2) is 0 Å². The van der Waals surface area contributed by atoms with Gasteiger partial charge in [0.25, 0.3) is 0 Å². The first-order chi connectivity index (χ1) is 8.65. The number of hydrogen-bond donors (Lipinski definition) is 3. The third kappa shape index (κ3) is 8.43. The summed E-state index contributed by atoms with van der Waals surface area (Å²) in [5.74, 6) is -2.01. The number of carbonyl (C=O) groups excluding carboxylic acids is 2. The second-order valence-corrected chi connectivity index (χ2v) is 4.68. The minimum Gasteiger partial charge on any atom is -0.480 e. The number of carboxylic acids is 1. The summed E-state index contributed by atoms with van der Waals surface area (Å²) in [7, 11) is 0. The Morgan fingerprint density at radius 2 is 1.95 bits per heavy atom. The average molecular weight is 271 g/mol. The van der Waals surface area contributed by atoms with Crippen LogP contribution in [0.25, 0.3) is 0 Å². The van der Waals surface area contributed by atoms with Gasteiger partial charge >= 0.3 is 12.1 Å². The molecule has 0 heterocycles. The number of hydrogen-bond acceptors (Lipinski definition) is 5. The van der Waals surface area contributed by atoms with E-state index in [-0.39, 0.29) is 6.54 Å². The third-order valence-electron chi connectivity index (χ3n) is 1.74. The fourth-order valence-corrected chi connectivity index (χ4v) is 1.05. The van der Waals surface area contributed by atoms with Crippen LogP contribution in [0.2, 0.25) is 0 Å². The van der Waals surface area contributed by atoms with Crippen LogP contribution < -0.4 is 10.6 Å². The summed E-state index contributed by atoms with van der Waals surface area (Å²) in [4.78, 5) is 33.5. The molecule has 0 unspecified atom stereocenters. The average Bonchev–Trinajstić information content (AvgIpc) is 2.22. The van der Waals surface area contributed by atoms with Gasteiger partial charge in [-0.3, -0.25) is 4.79 Å². The van der Waals surface area contributed by atoms with Gasteiger partial charge in [0.05, 0.1) is 12.5 Å². The first-order valence-electron chi connectivity index (χ1n) is 5.51. The van der Waals surface area contributed by atoms with Gasteiger partial charge in [0.15, 0.2) is 0 Å². The van der Waals surface area contributed by atoms with E-state index in [4.69, 9.17) is 15.1 Å². The topological polar surface area (TPSA) is 129 Å². The van der Waals surface area contributed by atoms with Crippen molar-refractivity contribution in [3.8, 4) is 6.07 Å². The summed E-state index contributed by atoms with van der Waals surface area (Å²) in [6.45, 7) is 4.66. The van der Waals surface area contributed by atoms with Gasteiger partial charge in [-0.25, -0.2) is 9.59 Å². The molecule has 0 fully saturated rings. The minimum absolute atomic E-state index is 0.225. The molecule has 0 saturated heterocycles. The molecule has 0 saturated carbocycles. The molecule has 8 nitrogen and oxygen atoms in total. The molecule has 8 heteroatoms. The molecule has 106 valence electrons. The van der Waals surface area contributed by atoms with Crippen LogP contribution in [-0.4, -0.2) is 41.3 Å². The van der Waals surface area contributed by atoms with E-state index in [0.29, 0.717) is 0 Å². The molecule has 0 aliphatic carbocycles. The summed E-state index contributed by atoms with van der Waals surface area (Å²) < 4.78 is 4.88. The maximum atomic E-state index is 11.4. The summed E-state index contributed by atoms with van der Waals surface area (Å²) in [5, 5.41) is 21.4. The molecule has 0 spiro atoms. The number of amides is 2. The van der Waals surface area contributed by atoms with Crippen LogP contribution >= 0.6 is 0 Å². The van der Waals surface area contributed by atoms with Gasteiger partial charge in [-0.1, -0.05) is 0 Å². The number of nitrogens with one attached hydrogen (secondary N) is 2. The number of ether oxygens (including phenoxy) is 1. The van der Waals surface area contributed by atoms with Gasteiger partial charge in [-0.15, -0.1) is 0 Å². The number of alkyl carbamates (subject to hydrolysis) is 1. The van der Waals surface area contributed by atoms with E-state index in [2.05, 4.69) is 10.6 Å². The molecule has 0 aromatic heterocycles. The van der Waals surface area contributed by atoms with Crippen LogP contribution in [0.4, 0.5) is 4.79 Å². The van der Waals surface area contributed by atoms with Crippen LogP contribution in [0.1, 0.15) is 27.2 Å². The second-order valence-electron chi connectivity index (χ2n) is 4.68. The van der Waals surface area contributed by atoms with Crippen molar-refractivity contribution in [3.05, 3.63) is 0 Å². The van der Waals surface area contributed by atoms with Gasteiger partial charge in [-0.2, -0.15) is 5.26 Å². The molecule has 19 heavy (non-hydrogen) atoms. The van der Waals surface area contributed by atoms with Gasteiger partial charge in [0.2, 0.25) is 5.91 Å². The number of carbonyl (C=O) groups is 3. The van der Waals surface area contributed by atoms with Crippen molar-refractivity contribution in [1.82, 2.24) is 10.6 Å². The third-order valence-corrected chi connectivity index (χ3v) is 1.74. The zero-order valence-corrected chi connectivity index (χ0v) is 11.0. The Balaban J connectivity index is 4.43. The Morgan fingerprint density at radius 3 is 2.37 bits per heavy atom. The van der Waals surface area contributed by atoms with Crippen molar-refractivity contribution in [1.29, 1.82) is 5.26 Å². The lowest BCUT2D eigenvalue weighted by Crippen LogP contribution is -2.46. The fourth-order valence-electron chi connectivity index (χ4n) is 1.05. The number of aliphatic carboxylic acids is 1. The van der Waals surface area contributed by atoms with Gasteiger partial charge in [0, 0.05) is 0 Å². The van der Waals surface area contributed by atoms with E-state index in [1.807, 2.05) is 0 Å². The fraction of sp³-hybridized carbons (Fsp3) is 0.636. The van der Waals surface area contributed by atoms with E-state index in [9.17, 15) is 14.4 Å². The SMILES string of the molecule is CC(C)(C)OC(=O)N[C@@H](CC(=O)NCC#N)C(=O)O. The van der Waals surface area contributed by atoms with Gasteiger partial charge in [-0.05, 0) is 20.8 Å². The maximum absolute atomic E-state index is 11.4. The Labute approximate surface area is 110 Å². The molecule has 2 amide bonds. The number of nitriles is 1. The van der Waals surface area contributed by atoms with Crippen LogP contribution in [0, 0.1) is 11.3 Å². The summed E-state index contributed by atoms with van der Waals surface area (Å²) in [6, 6.07) is 0.273. The maximum Gasteiger partial charge on any atom is 0.408 e. The highest BCUT2D eigenvalue weighted by molar-refractivity contribution is 5.87. The highest BCUT2D eigenvalue weighted by atomic mass is 16.6. The van der Waals surface area contributed by atoms with E-state index >= 15 is 0 Å². The lowest BCUT2D eigenvalue weighted by atomic mass is 10.2. The lowest BCUT2D eigenvalue weighted by Gasteiger charge is -2.21. The van der Waals surface area contributed by atoms with E-state index in [1.54, 1.807) is 26.8 Å². The van der Waals surface area contributed by atoms with Crippen molar-refractivity contribution in [2.75, 3.05) is 6.54 Å². The van der Waals surface area contributed by atoms with Crippen molar-refractivity contribution in [3.63, 3.8) is 0 Å². The van der Waals surface area contributed by atoms with Crippen LogP contribution in [0.3, 0.4) is 0 Å². The minimum atomic E-state index is -1.41. The Hall–Kier alpha value is -2.30. The summed E-state index contributed by atoms with van der Waals surface area (Å²) >= 11 is 0. The van der Waals surface area contributed by atoms with Crippen LogP contribution in [0.5, 0.6) is 0 Å². The summed E-state index contributed by atoms with van der Waals surface area (Å²) in [5.41, 5.74) is -0.768. The lowest BCUT2D eigenvalue weighted by molar-refractivity contribution is -0.141. The molecule has 0 bridgehead atoms. The monoisotopic (exact) mass is 271 g/mol. The van der Waals surface area contributed by atoms with Crippen molar-refractivity contribution < 1.29 is 24.2 Å². The molecule has 0 aliphatic rings. The predicted octanol–water partition coefficient (Wildman–Crippen LogP) is -0.00582. The second kappa shape index (κ2) is 7.20. The first-order valence-corrected chi connectivity index (χ1v) is 5.51. The Bertz CT molecular complexity index is 394. The first kappa shape index (κ1) is 16.7. The molecular formula is C11H17N3O5. The van der Waals surface area contributed by atoms with Crippen LogP contribution in [-0.2, 0) is 14.3 Å². The van der Waals surface area contributed by atoms with Crippen molar-refractivity contribution >= 4 is 18.0 Å². The number of nitrogens with zero attached hydrogens (tertiary/aromatic N) is 1. The zero-order valence-electron chi connectivity index (χ0n) is 11.0. The zero-order chi connectivity index (χ0) is 15.1. The predicted molar refractivity (Wildman–Crippen MR) is 64.0 cm³/mol. The molecule has 0 aromatic carbocycles. The van der Waals surface area contributed by atoms with E-state index in [1.165, 1.54) is 0 Å². The highest BCUT2D eigenvalue weighted by Gasteiger charge is 2.25. The number of rotatable bonds is 5. The van der Waals surface area contributed by atoms with Crippen molar-refractivity contribution in [2.45, 2.75) is 38.8 Å². The molecule has 0 rings (SSSR count). The van der Waals surface area contributed by atoms with Crippen molar-refractivity contribution in [2.24, 2.45) is 0 Å². The largest absolute Gasteiger partial charge is 0.480 e. The normalized spacial score (nSPS) is 11.9. The molecule has 0 aromatic rings. The Kier molecular flexibility index (Phi) is 6.33. The molecule has 0 aliphatic heterocycles. The Morgan fingerprint density at radius 1 is 1.37 bits per heavy atom. The summed E-state index contributed by atoms with van der Waals surface area (Å²) in [6.07, 6.45) is -1.40. The standard InChI is InChI=1S/C11H17N3O5/c1-11(2,3)19-10(18)14-7(9(16)17)6-8(15)13-5-4-12/h7H,5-6H2,1-3H3,(H,13,15)(H,14,18)(H,16,17)/t7-/m0/s1. The molecule has 1 atom stereocenters. The van der Waals surface area contributed by atoms with Gasteiger partial charge < -0.3 is 20.5 Å². The van der Waals surface area contributed by atoms with E-state index in [0.717, 1.165) is 0 Å². The quantitative estimate of drug-likeness (QED) is 0.603. The van der Waals surface area contributed by atoms with Gasteiger partial charge in [0.1, 0.15) is 18.2 Å². The molecular weight excluding hydrogens is 254 g/mol. The number of carboxylic acid groups (broad SMARTS) is 1. The smallest absolute Gasteiger partial charge is 0.408 e. The molecule has 3 N–H and O–H groups in total. The van der Waals surface area contributed by atoms with E-state index < -0.39 is 36.0 Å². The highest BCUT2D eigenvalue weighted by Crippen LogP contribution is 2.07. The molecule has 0 radical (unpaired) electrons.